The molecule has 2 atom stereocenters. The standard InChI is InChI=1S/C13H14N2O2/c1-2-15-12(16)9-7-14-10-6-4-3-5-8(10)11(9)13(15)17/h3-6,9,11,14H,2,7H2,1H3/t9-,11+/m0/s1. The Morgan fingerprint density at radius 3 is 2.82 bits per heavy atom. The lowest BCUT2D eigenvalue weighted by atomic mass is 9.84. The largest absolute Gasteiger partial charge is 0.384 e. The monoisotopic (exact) mass is 230 g/mol. The lowest BCUT2D eigenvalue weighted by Gasteiger charge is -2.25. The quantitative estimate of drug-likeness (QED) is 0.737. The van der Waals surface area contributed by atoms with Gasteiger partial charge < -0.3 is 5.32 Å². The van der Waals surface area contributed by atoms with Crippen molar-refractivity contribution in [2.24, 2.45) is 5.92 Å². The van der Waals surface area contributed by atoms with E-state index in [1.807, 2.05) is 31.2 Å². The molecule has 0 saturated carbocycles. The fraction of sp³-hybridized carbons (Fsp3) is 0.385. The maximum Gasteiger partial charge on any atom is 0.237 e. The highest BCUT2D eigenvalue weighted by Crippen LogP contribution is 2.41. The number of anilines is 1. The zero-order valence-corrected chi connectivity index (χ0v) is 9.64. The van der Waals surface area contributed by atoms with Crippen LogP contribution in [0.25, 0.3) is 0 Å². The number of hydrogen-bond donors (Lipinski definition) is 1. The second-order valence-electron chi connectivity index (χ2n) is 4.47. The lowest BCUT2D eigenvalue weighted by molar-refractivity contribution is -0.139. The number of carbonyl (C=O) groups excluding carboxylic acids is 2. The van der Waals surface area contributed by atoms with E-state index in [1.165, 1.54) is 4.90 Å². The molecule has 2 heterocycles. The van der Waals surface area contributed by atoms with Crippen LogP contribution in [0.4, 0.5) is 5.69 Å². The molecule has 2 aliphatic rings. The lowest BCUT2D eigenvalue weighted by Crippen LogP contribution is -2.32. The van der Waals surface area contributed by atoms with E-state index in [1.54, 1.807) is 0 Å². The molecule has 2 aliphatic heterocycles. The van der Waals surface area contributed by atoms with Crippen LogP contribution in [0, 0.1) is 5.92 Å². The summed E-state index contributed by atoms with van der Waals surface area (Å²) < 4.78 is 0. The number of likely N-dealkylation sites (N-methyl/N-ethyl adjacent to an activating group) is 1. The van der Waals surface area contributed by atoms with Gasteiger partial charge in [0.05, 0.1) is 11.8 Å². The number of hydrogen-bond acceptors (Lipinski definition) is 3. The zero-order chi connectivity index (χ0) is 12.0. The summed E-state index contributed by atoms with van der Waals surface area (Å²) in [7, 11) is 0. The number of para-hydroxylation sites is 1. The van der Waals surface area contributed by atoms with Crippen LogP contribution in [-0.2, 0) is 9.59 Å². The molecule has 0 radical (unpaired) electrons. The molecule has 4 nitrogen and oxygen atoms in total. The van der Waals surface area contributed by atoms with E-state index in [0.717, 1.165) is 11.3 Å². The fourth-order valence-electron chi connectivity index (χ4n) is 2.81. The SMILES string of the molecule is CCN1C(=O)[C@H]2CNc3ccccc3[C@H]2C1=O. The molecule has 88 valence electrons. The van der Waals surface area contributed by atoms with Crippen molar-refractivity contribution >= 4 is 17.5 Å². The molecule has 1 aromatic rings. The molecular formula is C13H14N2O2. The number of nitrogens with one attached hydrogen (secondary N) is 1. The summed E-state index contributed by atoms with van der Waals surface area (Å²) in [5.74, 6) is -0.585. The highest BCUT2D eigenvalue weighted by Gasteiger charge is 2.49. The summed E-state index contributed by atoms with van der Waals surface area (Å²) in [5, 5.41) is 3.23. The summed E-state index contributed by atoms with van der Waals surface area (Å²) in [6, 6.07) is 7.74. The van der Waals surface area contributed by atoms with Crippen LogP contribution in [0.5, 0.6) is 0 Å². The molecule has 0 bridgehead atoms. The minimum Gasteiger partial charge on any atom is -0.384 e. The number of carbonyl (C=O) groups is 2. The van der Waals surface area contributed by atoms with Crippen molar-refractivity contribution in [3.05, 3.63) is 29.8 Å². The molecule has 4 heteroatoms. The van der Waals surface area contributed by atoms with Gasteiger partial charge in [0, 0.05) is 18.8 Å². The van der Waals surface area contributed by atoms with Crippen LogP contribution in [0.2, 0.25) is 0 Å². The first-order valence-corrected chi connectivity index (χ1v) is 5.92. The number of imide groups is 1. The van der Waals surface area contributed by atoms with Gasteiger partial charge in [-0.05, 0) is 18.6 Å². The molecule has 0 spiro atoms. The third-order valence-corrected chi connectivity index (χ3v) is 3.64. The van der Waals surface area contributed by atoms with Crippen LogP contribution < -0.4 is 5.32 Å². The van der Waals surface area contributed by atoms with Crippen molar-refractivity contribution in [2.45, 2.75) is 12.8 Å². The number of benzene rings is 1. The van der Waals surface area contributed by atoms with Gasteiger partial charge in [-0.1, -0.05) is 18.2 Å². The van der Waals surface area contributed by atoms with Crippen molar-refractivity contribution in [3.8, 4) is 0 Å². The Bertz CT molecular complexity index is 498. The molecule has 3 rings (SSSR count). The second kappa shape index (κ2) is 3.58. The number of nitrogens with zero attached hydrogens (tertiary/aromatic N) is 1. The number of fused-ring (bicyclic) bond motifs is 3. The Balaban J connectivity index is 2.09. The van der Waals surface area contributed by atoms with Crippen LogP contribution in [0.15, 0.2) is 24.3 Å². The smallest absolute Gasteiger partial charge is 0.237 e. The maximum atomic E-state index is 12.2. The number of rotatable bonds is 1. The van der Waals surface area contributed by atoms with Gasteiger partial charge in [-0.2, -0.15) is 0 Å². The average Bonchev–Trinajstić information content (AvgIpc) is 2.61. The van der Waals surface area contributed by atoms with Gasteiger partial charge in [0.15, 0.2) is 0 Å². The third kappa shape index (κ3) is 1.30. The summed E-state index contributed by atoms with van der Waals surface area (Å²) >= 11 is 0. The van der Waals surface area contributed by atoms with Crippen LogP contribution in [-0.4, -0.2) is 29.8 Å². The molecule has 0 unspecified atom stereocenters. The molecule has 1 aromatic carbocycles. The van der Waals surface area contributed by atoms with Crippen LogP contribution in [0.1, 0.15) is 18.4 Å². The van der Waals surface area contributed by atoms with Gasteiger partial charge in [-0.3, -0.25) is 14.5 Å². The zero-order valence-electron chi connectivity index (χ0n) is 9.64. The fourth-order valence-corrected chi connectivity index (χ4v) is 2.81. The van der Waals surface area contributed by atoms with Crippen molar-refractivity contribution in [1.29, 1.82) is 0 Å². The van der Waals surface area contributed by atoms with E-state index in [4.69, 9.17) is 0 Å². The van der Waals surface area contributed by atoms with Crippen LogP contribution in [0.3, 0.4) is 0 Å². The first-order valence-electron chi connectivity index (χ1n) is 5.92. The predicted molar refractivity (Wildman–Crippen MR) is 63.6 cm³/mol. The Morgan fingerprint density at radius 2 is 2.06 bits per heavy atom. The minimum absolute atomic E-state index is 0.0375. The predicted octanol–water partition coefficient (Wildman–Crippen LogP) is 1.20. The summed E-state index contributed by atoms with van der Waals surface area (Å²) in [6.07, 6.45) is 0. The third-order valence-electron chi connectivity index (χ3n) is 3.64. The molecule has 1 fully saturated rings. The molecule has 0 aromatic heterocycles. The summed E-state index contributed by atoms with van der Waals surface area (Å²) in [4.78, 5) is 25.7. The van der Waals surface area contributed by atoms with E-state index >= 15 is 0 Å². The molecule has 0 aliphatic carbocycles. The van der Waals surface area contributed by atoms with Crippen molar-refractivity contribution < 1.29 is 9.59 Å². The summed E-state index contributed by atoms with van der Waals surface area (Å²) in [6.45, 7) is 2.86. The Hall–Kier alpha value is -1.84. The molecule has 17 heavy (non-hydrogen) atoms. The number of likely N-dealkylation sites (tertiary alicyclic amines) is 1. The van der Waals surface area contributed by atoms with Gasteiger partial charge in [0.25, 0.3) is 0 Å². The molecule has 1 saturated heterocycles. The molecule has 1 N–H and O–H groups in total. The second-order valence-corrected chi connectivity index (χ2v) is 4.47. The van der Waals surface area contributed by atoms with Gasteiger partial charge >= 0.3 is 0 Å². The van der Waals surface area contributed by atoms with E-state index < -0.39 is 0 Å². The van der Waals surface area contributed by atoms with E-state index in [2.05, 4.69) is 5.32 Å². The number of amides is 2. The van der Waals surface area contributed by atoms with E-state index in [0.29, 0.717) is 13.1 Å². The van der Waals surface area contributed by atoms with E-state index in [-0.39, 0.29) is 23.7 Å². The van der Waals surface area contributed by atoms with Gasteiger partial charge in [0.2, 0.25) is 11.8 Å². The van der Waals surface area contributed by atoms with Crippen LogP contribution >= 0.6 is 0 Å². The topological polar surface area (TPSA) is 49.4 Å². The first-order chi connectivity index (χ1) is 8.24. The van der Waals surface area contributed by atoms with Gasteiger partial charge in [-0.25, -0.2) is 0 Å². The Labute approximate surface area is 99.6 Å². The minimum atomic E-state index is -0.278. The molecular weight excluding hydrogens is 216 g/mol. The normalized spacial score (nSPS) is 26.5. The Kier molecular flexibility index (Phi) is 2.18. The average molecular weight is 230 g/mol. The Morgan fingerprint density at radius 1 is 1.29 bits per heavy atom. The van der Waals surface area contributed by atoms with Crippen molar-refractivity contribution in [3.63, 3.8) is 0 Å². The first kappa shape index (κ1) is 10.3. The molecule has 2 amide bonds. The highest BCUT2D eigenvalue weighted by atomic mass is 16.2. The van der Waals surface area contributed by atoms with Gasteiger partial charge in [-0.15, -0.1) is 0 Å². The van der Waals surface area contributed by atoms with Crippen molar-refractivity contribution in [2.75, 3.05) is 18.4 Å². The summed E-state index contributed by atoms with van der Waals surface area (Å²) in [5.41, 5.74) is 1.94. The highest BCUT2D eigenvalue weighted by molar-refractivity contribution is 6.09. The van der Waals surface area contributed by atoms with Crippen molar-refractivity contribution in [1.82, 2.24) is 4.90 Å². The van der Waals surface area contributed by atoms with Gasteiger partial charge in [0.1, 0.15) is 0 Å². The maximum absolute atomic E-state index is 12.2. The van der Waals surface area contributed by atoms with E-state index in [9.17, 15) is 9.59 Å².